The number of amides is 1. The number of nitrogens with zero attached hydrogens (tertiary/aromatic N) is 1. The minimum atomic E-state index is 0.0901. The summed E-state index contributed by atoms with van der Waals surface area (Å²) in [6, 6.07) is 18.8. The Bertz CT molecular complexity index is 724. The number of rotatable bonds is 9. The zero-order valence-electron chi connectivity index (χ0n) is 16.5. The van der Waals surface area contributed by atoms with Crippen LogP contribution in [-0.4, -0.2) is 30.5 Å². The van der Waals surface area contributed by atoms with Crippen molar-refractivity contribution < 1.29 is 9.53 Å². The number of ether oxygens (including phenoxy) is 1. The van der Waals surface area contributed by atoms with E-state index in [-0.39, 0.29) is 11.9 Å². The number of hydrogen-bond donors (Lipinski definition) is 1. The average molecular weight is 367 g/mol. The Morgan fingerprint density at radius 2 is 1.78 bits per heavy atom. The Morgan fingerprint density at radius 3 is 2.33 bits per heavy atom. The van der Waals surface area contributed by atoms with Crippen molar-refractivity contribution in [3.8, 4) is 5.75 Å². The van der Waals surface area contributed by atoms with Crippen molar-refractivity contribution in [3.05, 3.63) is 65.7 Å². The number of carbonyl (C=O) groups excluding carboxylic acids is 1. The van der Waals surface area contributed by atoms with E-state index >= 15 is 0 Å². The van der Waals surface area contributed by atoms with Crippen molar-refractivity contribution in [1.29, 1.82) is 0 Å². The van der Waals surface area contributed by atoms with Crippen molar-refractivity contribution in [2.45, 2.75) is 45.3 Å². The molecule has 4 nitrogen and oxygen atoms in total. The summed E-state index contributed by atoms with van der Waals surface area (Å²) >= 11 is 0. The minimum Gasteiger partial charge on any atom is -0.497 e. The molecule has 0 radical (unpaired) electrons. The molecule has 1 amide bonds. The van der Waals surface area contributed by atoms with Crippen molar-refractivity contribution in [2.75, 3.05) is 13.7 Å². The molecule has 144 valence electrons. The first kappa shape index (κ1) is 19.4. The molecule has 0 bridgehead atoms. The van der Waals surface area contributed by atoms with Gasteiger partial charge >= 0.3 is 0 Å². The first-order valence-electron chi connectivity index (χ1n) is 9.78. The fraction of sp³-hybridized carbons (Fsp3) is 0.435. The molecule has 1 atom stereocenters. The highest BCUT2D eigenvalue weighted by molar-refractivity contribution is 5.78. The van der Waals surface area contributed by atoms with E-state index in [4.69, 9.17) is 4.74 Å². The van der Waals surface area contributed by atoms with Gasteiger partial charge in [0.1, 0.15) is 5.75 Å². The Morgan fingerprint density at radius 1 is 1.11 bits per heavy atom. The van der Waals surface area contributed by atoms with Gasteiger partial charge in [0.2, 0.25) is 5.91 Å². The number of carbonyl (C=O) groups is 1. The molecule has 2 aromatic carbocycles. The zero-order valence-corrected chi connectivity index (χ0v) is 16.5. The Labute approximate surface area is 162 Å². The fourth-order valence-electron chi connectivity index (χ4n) is 3.36. The van der Waals surface area contributed by atoms with Crippen LogP contribution in [0.3, 0.4) is 0 Å². The van der Waals surface area contributed by atoms with Crippen LogP contribution in [0.15, 0.2) is 54.6 Å². The third kappa shape index (κ3) is 5.57. The maximum absolute atomic E-state index is 12.8. The van der Waals surface area contributed by atoms with Gasteiger partial charge in [-0.1, -0.05) is 42.5 Å². The van der Waals surface area contributed by atoms with Crippen LogP contribution in [-0.2, 0) is 11.3 Å². The second-order valence-electron chi connectivity index (χ2n) is 7.64. The van der Waals surface area contributed by atoms with Crippen LogP contribution in [0.4, 0.5) is 0 Å². The molecule has 0 aliphatic heterocycles. The molecule has 27 heavy (non-hydrogen) atoms. The van der Waals surface area contributed by atoms with Gasteiger partial charge in [-0.25, -0.2) is 0 Å². The molecule has 0 heterocycles. The summed E-state index contributed by atoms with van der Waals surface area (Å²) in [7, 11) is 1.67. The summed E-state index contributed by atoms with van der Waals surface area (Å²) in [6.07, 6.45) is 2.35. The Balaban J connectivity index is 1.63. The summed E-state index contributed by atoms with van der Waals surface area (Å²) in [6.45, 7) is 5.46. The second kappa shape index (κ2) is 9.05. The van der Waals surface area contributed by atoms with E-state index < -0.39 is 0 Å². The maximum Gasteiger partial charge on any atom is 0.234 e. The lowest BCUT2D eigenvalue weighted by Crippen LogP contribution is -2.42. The highest BCUT2D eigenvalue weighted by Crippen LogP contribution is 2.41. The van der Waals surface area contributed by atoms with Gasteiger partial charge < -0.3 is 10.1 Å². The minimum absolute atomic E-state index is 0.0901. The Hall–Kier alpha value is -2.33. The van der Waals surface area contributed by atoms with E-state index in [1.165, 1.54) is 18.4 Å². The smallest absolute Gasteiger partial charge is 0.234 e. The molecule has 1 unspecified atom stereocenters. The molecule has 3 rings (SSSR count). The second-order valence-corrected chi connectivity index (χ2v) is 7.64. The lowest BCUT2D eigenvalue weighted by molar-refractivity contribution is -0.123. The summed E-state index contributed by atoms with van der Waals surface area (Å²) in [5.74, 6) is 1.48. The van der Waals surface area contributed by atoms with Crippen molar-refractivity contribution in [3.63, 3.8) is 0 Å². The molecule has 1 saturated carbocycles. The standard InChI is InChI=1S/C23H30N2O2/c1-17(2)25(15-18-7-5-4-6-8-18)16-22(26)24-23(19-9-10-19)20-11-13-21(27-3)14-12-20/h4-8,11-14,17,19,23H,9-10,15-16H2,1-3H3,(H,24,26). The van der Waals surface area contributed by atoms with Crippen molar-refractivity contribution >= 4 is 5.91 Å². The largest absolute Gasteiger partial charge is 0.497 e. The molecule has 0 saturated heterocycles. The highest BCUT2D eigenvalue weighted by atomic mass is 16.5. The van der Waals surface area contributed by atoms with E-state index in [1.807, 2.05) is 30.3 Å². The summed E-state index contributed by atoms with van der Waals surface area (Å²) in [5, 5.41) is 3.28. The number of benzene rings is 2. The van der Waals surface area contributed by atoms with E-state index in [0.717, 1.165) is 17.9 Å². The van der Waals surface area contributed by atoms with Gasteiger partial charge in [0.15, 0.2) is 0 Å². The van der Waals surface area contributed by atoms with Gasteiger partial charge in [-0.3, -0.25) is 9.69 Å². The molecule has 1 aliphatic carbocycles. The van der Waals surface area contributed by atoms with E-state index in [9.17, 15) is 4.79 Å². The first-order valence-corrected chi connectivity index (χ1v) is 9.78. The predicted octanol–water partition coefficient (Wildman–Crippen LogP) is 4.17. The fourth-order valence-corrected chi connectivity index (χ4v) is 3.36. The van der Waals surface area contributed by atoms with E-state index in [0.29, 0.717) is 18.5 Å². The topological polar surface area (TPSA) is 41.6 Å². The van der Waals surface area contributed by atoms with E-state index in [2.05, 4.69) is 48.3 Å². The summed E-state index contributed by atoms with van der Waals surface area (Å²) in [5.41, 5.74) is 2.39. The lowest BCUT2D eigenvalue weighted by Gasteiger charge is -2.27. The van der Waals surface area contributed by atoms with Crippen LogP contribution in [0.25, 0.3) is 0 Å². The number of nitrogens with one attached hydrogen (secondary N) is 1. The third-order valence-corrected chi connectivity index (χ3v) is 5.19. The quantitative estimate of drug-likeness (QED) is 0.724. The zero-order chi connectivity index (χ0) is 19.2. The average Bonchev–Trinajstić information content (AvgIpc) is 3.51. The molecular weight excluding hydrogens is 336 g/mol. The number of methoxy groups -OCH3 is 1. The van der Waals surface area contributed by atoms with Gasteiger partial charge in [0.05, 0.1) is 19.7 Å². The lowest BCUT2D eigenvalue weighted by atomic mass is 10.0. The van der Waals surface area contributed by atoms with Gasteiger partial charge in [-0.15, -0.1) is 0 Å². The van der Waals surface area contributed by atoms with Gasteiger partial charge in [0.25, 0.3) is 0 Å². The molecule has 1 N–H and O–H groups in total. The van der Waals surface area contributed by atoms with Gasteiger partial charge in [0, 0.05) is 12.6 Å². The molecule has 1 aliphatic rings. The van der Waals surface area contributed by atoms with Crippen LogP contribution in [0, 0.1) is 5.92 Å². The predicted molar refractivity (Wildman–Crippen MR) is 109 cm³/mol. The van der Waals surface area contributed by atoms with Gasteiger partial charge in [-0.05, 0) is 55.9 Å². The SMILES string of the molecule is COc1ccc(C(NC(=O)CN(Cc2ccccc2)C(C)C)C2CC2)cc1. The summed E-state index contributed by atoms with van der Waals surface area (Å²) < 4.78 is 5.25. The van der Waals surface area contributed by atoms with Crippen LogP contribution < -0.4 is 10.1 Å². The third-order valence-electron chi connectivity index (χ3n) is 5.19. The van der Waals surface area contributed by atoms with E-state index in [1.54, 1.807) is 7.11 Å². The van der Waals surface area contributed by atoms with Crippen molar-refractivity contribution in [2.24, 2.45) is 5.92 Å². The first-order chi connectivity index (χ1) is 13.1. The molecule has 1 fully saturated rings. The van der Waals surface area contributed by atoms with Crippen LogP contribution >= 0.6 is 0 Å². The van der Waals surface area contributed by atoms with Crippen LogP contribution in [0.2, 0.25) is 0 Å². The number of hydrogen-bond acceptors (Lipinski definition) is 3. The highest BCUT2D eigenvalue weighted by Gasteiger charge is 2.33. The monoisotopic (exact) mass is 366 g/mol. The molecular formula is C23H30N2O2. The van der Waals surface area contributed by atoms with Gasteiger partial charge in [-0.2, -0.15) is 0 Å². The Kier molecular flexibility index (Phi) is 6.51. The molecule has 0 spiro atoms. The van der Waals surface area contributed by atoms with Crippen molar-refractivity contribution in [1.82, 2.24) is 10.2 Å². The van der Waals surface area contributed by atoms with Crippen LogP contribution in [0.1, 0.15) is 43.9 Å². The molecule has 4 heteroatoms. The maximum atomic E-state index is 12.8. The molecule has 2 aromatic rings. The summed E-state index contributed by atoms with van der Waals surface area (Å²) in [4.78, 5) is 15.0. The molecule has 0 aromatic heterocycles. The normalized spacial score (nSPS) is 15.0. The van der Waals surface area contributed by atoms with Crippen LogP contribution in [0.5, 0.6) is 5.75 Å².